The molecule has 1 aliphatic carbocycles. The summed E-state index contributed by atoms with van der Waals surface area (Å²) in [4.78, 5) is 21.1. The van der Waals surface area contributed by atoms with Crippen molar-refractivity contribution in [2.45, 2.75) is 31.3 Å². The van der Waals surface area contributed by atoms with Crippen LogP contribution < -0.4 is 5.32 Å². The molecule has 2 atom stereocenters. The molecule has 1 aliphatic heterocycles. The number of imidazole rings is 1. The first kappa shape index (κ1) is 20.6. The van der Waals surface area contributed by atoms with E-state index < -0.39 is 11.0 Å². The lowest BCUT2D eigenvalue weighted by atomic mass is 9.84. The van der Waals surface area contributed by atoms with E-state index >= 15 is 0 Å². The highest BCUT2D eigenvalue weighted by Gasteiger charge is 2.37. The van der Waals surface area contributed by atoms with Crippen LogP contribution in [0.15, 0.2) is 66.2 Å². The number of nitrogens with zero attached hydrogens (tertiary/aromatic N) is 4. The van der Waals surface area contributed by atoms with Crippen LogP contribution in [0.25, 0.3) is 10.9 Å². The molecule has 7 nitrogen and oxygen atoms in total. The van der Waals surface area contributed by atoms with E-state index in [1.54, 1.807) is 30.6 Å². The van der Waals surface area contributed by atoms with Gasteiger partial charge in [-0.1, -0.05) is 41.0 Å². The standard InChI is InChI=1S/C24H24ClN5O2/c1-16-26-13-14-30(16)15-17-9-10-20-21(18-7-3-4-8-19(18)29(20)2)22(17)28-32-23(31)24(25)11-5-6-12-27-24/h3-8,11-14,17,27H,9-10,15H2,1-2H3/b28-22+. The predicted molar refractivity (Wildman–Crippen MR) is 124 cm³/mol. The van der Waals surface area contributed by atoms with Gasteiger partial charge in [0.25, 0.3) is 0 Å². The van der Waals surface area contributed by atoms with Gasteiger partial charge in [0.1, 0.15) is 5.82 Å². The summed E-state index contributed by atoms with van der Waals surface area (Å²) in [6, 6.07) is 8.24. The molecule has 5 rings (SSSR count). The quantitative estimate of drug-likeness (QED) is 0.284. The summed E-state index contributed by atoms with van der Waals surface area (Å²) in [5.74, 6) is 0.334. The average molecular weight is 450 g/mol. The maximum Gasteiger partial charge on any atom is 0.379 e. The average Bonchev–Trinajstić information content (AvgIpc) is 3.34. The van der Waals surface area contributed by atoms with Crippen LogP contribution in [0.1, 0.15) is 23.5 Å². The smallest absolute Gasteiger partial charge is 0.360 e. The minimum atomic E-state index is -1.47. The molecule has 2 aromatic heterocycles. The number of halogens is 1. The van der Waals surface area contributed by atoms with E-state index in [0.29, 0.717) is 6.54 Å². The third kappa shape index (κ3) is 3.42. The Morgan fingerprint density at radius 2 is 2.22 bits per heavy atom. The molecule has 0 bridgehead atoms. The summed E-state index contributed by atoms with van der Waals surface area (Å²) < 4.78 is 4.32. The molecule has 0 saturated heterocycles. The van der Waals surface area contributed by atoms with E-state index in [-0.39, 0.29) is 5.92 Å². The Hall–Kier alpha value is -3.32. The first-order valence-electron chi connectivity index (χ1n) is 10.6. The van der Waals surface area contributed by atoms with Gasteiger partial charge in [-0.25, -0.2) is 9.78 Å². The summed E-state index contributed by atoms with van der Waals surface area (Å²) in [5.41, 5.74) is 4.13. The zero-order chi connectivity index (χ0) is 22.3. The molecule has 1 aromatic carbocycles. The molecule has 164 valence electrons. The predicted octanol–water partition coefficient (Wildman–Crippen LogP) is 3.80. The molecule has 8 heteroatoms. The lowest BCUT2D eigenvalue weighted by molar-refractivity contribution is -0.146. The van der Waals surface area contributed by atoms with E-state index in [1.165, 1.54) is 5.69 Å². The zero-order valence-corrected chi connectivity index (χ0v) is 18.7. The van der Waals surface area contributed by atoms with Crippen molar-refractivity contribution in [3.05, 3.63) is 78.2 Å². The highest BCUT2D eigenvalue weighted by atomic mass is 35.5. The van der Waals surface area contributed by atoms with Gasteiger partial charge in [0.15, 0.2) is 0 Å². The summed E-state index contributed by atoms with van der Waals surface area (Å²) in [7, 11) is 2.07. The van der Waals surface area contributed by atoms with E-state index in [2.05, 4.69) is 43.8 Å². The van der Waals surface area contributed by atoms with Crippen molar-refractivity contribution >= 4 is 34.2 Å². The summed E-state index contributed by atoms with van der Waals surface area (Å²) >= 11 is 6.41. The minimum Gasteiger partial charge on any atom is -0.360 e. The molecule has 2 unspecified atom stereocenters. The Kier molecular flexibility index (Phi) is 5.13. The molecule has 3 heterocycles. The van der Waals surface area contributed by atoms with Crippen LogP contribution >= 0.6 is 11.6 Å². The monoisotopic (exact) mass is 449 g/mol. The van der Waals surface area contributed by atoms with Gasteiger partial charge in [-0.3, -0.25) is 0 Å². The fourth-order valence-electron chi connectivity index (χ4n) is 4.55. The number of dihydropyridines is 1. The van der Waals surface area contributed by atoms with Crippen LogP contribution in [0, 0.1) is 12.8 Å². The van der Waals surface area contributed by atoms with Crippen molar-refractivity contribution in [1.29, 1.82) is 0 Å². The molecule has 32 heavy (non-hydrogen) atoms. The van der Waals surface area contributed by atoms with Crippen LogP contribution in [0.5, 0.6) is 0 Å². The molecule has 3 aromatic rings. The molecule has 2 aliphatic rings. The number of benzene rings is 1. The lowest BCUT2D eigenvalue weighted by Crippen LogP contribution is -2.44. The summed E-state index contributed by atoms with van der Waals surface area (Å²) in [6.07, 6.45) is 12.2. The Labute approximate surface area is 191 Å². The van der Waals surface area contributed by atoms with Crippen LogP contribution in [-0.4, -0.2) is 30.8 Å². The van der Waals surface area contributed by atoms with Gasteiger partial charge in [0, 0.05) is 54.1 Å². The van der Waals surface area contributed by atoms with Crippen LogP contribution in [0.3, 0.4) is 0 Å². The number of carbonyl (C=O) groups excluding carboxylic acids is 1. The number of hydrogen-bond acceptors (Lipinski definition) is 5. The van der Waals surface area contributed by atoms with Crippen LogP contribution in [-0.2, 0) is 29.6 Å². The summed E-state index contributed by atoms with van der Waals surface area (Å²) in [5, 5.41) is 8.37. The number of aryl methyl sites for hydroxylation is 2. The number of para-hydroxylation sites is 1. The van der Waals surface area contributed by atoms with E-state index in [0.717, 1.165) is 40.8 Å². The van der Waals surface area contributed by atoms with Crippen molar-refractivity contribution in [1.82, 2.24) is 19.4 Å². The first-order valence-corrected chi connectivity index (χ1v) is 11.0. The van der Waals surface area contributed by atoms with Gasteiger partial charge in [-0.15, -0.1) is 0 Å². The number of fused-ring (bicyclic) bond motifs is 3. The number of aromatic nitrogens is 3. The number of rotatable bonds is 4. The fourth-order valence-corrected chi connectivity index (χ4v) is 4.72. The molecule has 0 amide bonds. The molecular formula is C24H24ClN5O2. The third-order valence-electron chi connectivity index (χ3n) is 6.29. The van der Waals surface area contributed by atoms with Gasteiger partial charge >= 0.3 is 5.97 Å². The molecule has 0 spiro atoms. The third-order valence-corrected chi connectivity index (χ3v) is 6.68. The number of hydrogen-bond donors (Lipinski definition) is 1. The number of carbonyl (C=O) groups is 1. The normalized spacial score (nSPS) is 23.3. The zero-order valence-electron chi connectivity index (χ0n) is 18.0. The van der Waals surface area contributed by atoms with Crippen LogP contribution in [0.2, 0.25) is 0 Å². The van der Waals surface area contributed by atoms with Gasteiger partial charge in [0.05, 0.1) is 5.71 Å². The van der Waals surface area contributed by atoms with Gasteiger partial charge in [0.2, 0.25) is 5.00 Å². The SMILES string of the molecule is Cc1nccn1CC1CCc2c(c3ccccc3n2C)/C1=N/OC(=O)C1(Cl)C=CC=CN1. The highest BCUT2D eigenvalue weighted by Crippen LogP contribution is 2.35. The van der Waals surface area contributed by atoms with Crippen molar-refractivity contribution in [3.8, 4) is 0 Å². The molecule has 1 N–H and O–H groups in total. The topological polar surface area (TPSA) is 73.4 Å². The Bertz CT molecular complexity index is 1280. The molecule has 0 fully saturated rings. The Morgan fingerprint density at radius 1 is 1.38 bits per heavy atom. The largest absolute Gasteiger partial charge is 0.379 e. The van der Waals surface area contributed by atoms with Crippen molar-refractivity contribution in [2.24, 2.45) is 18.1 Å². The van der Waals surface area contributed by atoms with Crippen molar-refractivity contribution in [3.63, 3.8) is 0 Å². The number of nitrogens with one attached hydrogen (secondary N) is 1. The van der Waals surface area contributed by atoms with Crippen molar-refractivity contribution in [2.75, 3.05) is 0 Å². The second-order valence-corrected chi connectivity index (χ2v) is 8.79. The summed E-state index contributed by atoms with van der Waals surface area (Å²) in [6.45, 7) is 2.69. The molecular weight excluding hydrogens is 426 g/mol. The van der Waals surface area contributed by atoms with Gasteiger partial charge in [-0.05, 0) is 44.2 Å². The second-order valence-electron chi connectivity index (χ2n) is 8.19. The Morgan fingerprint density at radius 3 is 2.97 bits per heavy atom. The van der Waals surface area contributed by atoms with E-state index in [4.69, 9.17) is 16.4 Å². The number of allylic oxidation sites excluding steroid dienone is 2. The first-order chi connectivity index (χ1) is 15.5. The van der Waals surface area contributed by atoms with Gasteiger partial charge < -0.3 is 19.3 Å². The highest BCUT2D eigenvalue weighted by molar-refractivity contribution is 6.35. The van der Waals surface area contributed by atoms with Crippen LogP contribution in [0.4, 0.5) is 0 Å². The van der Waals surface area contributed by atoms with E-state index in [9.17, 15) is 4.79 Å². The lowest BCUT2D eigenvalue weighted by Gasteiger charge is -2.26. The number of alkyl halides is 1. The Balaban J connectivity index is 1.56. The maximum atomic E-state index is 12.8. The minimum absolute atomic E-state index is 0.0648. The number of oxime groups is 1. The van der Waals surface area contributed by atoms with E-state index in [1.807, 2.05) is 25.3 Å². The second kappa shape index (κ2) is 7.98. The fraction of sp³-hybridized carbons (Fsp3) is 0.292. The van der Waals surface area contributed by atoms with Gasteiger partial charge in [-0.2, -0.15) is 0 Å². The van der Waals surface area contributed by atoms with Crippen molar-refractivity contribution < 1.29 is 9.63 Å². The maximum absolute atomic E-state index is 12.8. The molecule has 0 radical (unpaired) electrons. The molecule has 0 saturated carbocycles.